The van der Waals surface area contributed by atoms with Crippen molar-refractivity contribution >= 4 is 0 Å². The van der Waals surface area contributed by atoms with Crippen LogP contribution in [0, 0.1) is 6.92 Å². The van der Waals surface area contributed by atoms with Gasteiger partial charge in [-0.2, -0.15) is 0 Å². The molecule has 18 heavy (non-hydrogen) atoms. The second-order valence-electron chi connectivity index (χ2n) is 5.47. The lowest BCUT2D eigenvalue weighted by molar-refractivity contribution is 0.200. The highest BCUT2D eigenvalue weighted by Gasteiger charge is 2.21. The van der Waals surface area contributed by atoms with Crippen LogP contribution in [0.4, 0.5) is 0 Å². The monoisotopic (exact) mass is 246 g/mol. The van der Waals surface area contributed by atoms with Gasteiger partial charge in [0.25, 0.3) is 0 Å². The van der Waals surface area contributed by atoms with Gasteiger partial charge in [0, 0.05) is 19.1 Å². The number of rotatable bonds is 5. The predicted octanol–water partition coefficient (Wildman–Crippen LogP) is 3.22. The van der Waals surface area contributed by atoms with Crippen molar-refractivity contribution in [3.63, 3.8) is 0 Å². The first-order valence-electron chi connectivity index (χ1n) is 7.27. The Labute approximate surface area is 111 Å². The fourth-order valence-corrected chi connectivity index (χ4v) is 3.05. The van der Waals surface area contributed by atoms with Crippen molar-refractivity contribution in [2.24, 2.45) is 5.73 Å². The molecule has 1 aromatic carbocycles. The summed E-state index contributed by atoms with van der Waals surface area (Å²) in [6.45, 7) is 7.38. The normalized spacial score (nSPS) is 16.7. The highest BCUT2D eigenvalue weighted by molar-refractivity contribution is 5.31. The van der Waals surface area contributed by atoms with Crippen LogP contribution in [-0.2, 0) is 13.1 Å². The molecule has 1 fully saturated rings. The summed E-state index contributed by atoms with van der Waals surface area (Å²) in [5.74, 6) is 0. The van der Waals surface area contributed by atoms with Crippen molar-refractivity contribution in [2.75, 3.05) is 6.54 Å². The molecule has 1 aliphatic rings. The summed E-state index contributed by atoms with van der Waals surface area (Å²) in [5.41, 5.74) is 9.76. The van der Waals surface area contributed by atoms with Gasteiger partial charge in [-0.25, -0.2) is 0 Å². The van der Waals surface area contributed by atoms with E-state index in [4.69, 9.17) is 5.73 Å². The molecule has 0 aromatic heterocycles. The van der Waals surface area contributed by atoms with Crippen LogP contribution < -0.4 is 5.73 Å². The van der Waals surface area contributed by atoms with Crippen molar-refractivity contribution in [3.8, 4) is 0 Å². The Morgan fingerprint density at radius 3 is 2.56 bits per heavy atom. The molecule has 1 saturated carbocycles. The van der Waals surface area contributed by atoms with Crippen LogP contribution in [-0.4, -0.2) is 17.5 Å². The first kappa shape index (κ1) is 13.6. The van der Waals surface area contributed by atoms with Crippen LogP contribution in [0.5, 0.6) is 0 Å². The maximum Gasteiger partial charge on any atom is 0.0239 e. The largest absolute Gasteiger partial charge is 0.326 e. The van der Waals surface area contributed by atoms with Gasteiger partial charge < -0.3 is 5.73 Å². The molecule has 100 valence electrons. The van der Waals surface area contributed by atoms with Crippen LogP contribution in [0.2, 0.25) is 0 Å². The van der Waals surface area contributed by atoms with Crippen LogP contribution in [0.3, 0.4) is 0 Å². The first-order valence-corrected chi connectivity index (χ1v) is 7.27. The zero-order valence-electron chi connectivity index (χ0n) is 11.8. The second kappa shape index (κ2) is 6.35. The molecule has 0 radical (unpaired) electrons. The first-order chi connectivity index (χ1) is 8.74. The summed E-state index contributed by atoms with van der Waals surface area (Å²) in [4.78, 5) is 2.64. The third-order valence-corrected chi connectivity index (χ3v) is 4.26. The van der Waals surface area contributed by atoms with Crippen molar-refractivity contribution in [3.05, 3.63) is 34.9 Å². The molecule has 0 unspecified atom stereocenters. The smallest absolute Gasteiger partial charge is 0.0239 e. The highest BCUT2D eigenvalue weighted by Crippen LogP contribution is 2.25. The molecule has 2 rings (SSSR count). The van der Waals surface area contributed by atoms with Gasteiger partial charge >= 0.3 is 0 Å². The Balaban J connectivity index is 2.06. The van der Waals surface area contributed by atoms with E-state index >= 15 is 0 Å². The van der Waals surface area contributed by atoms with Crippen LogP contribution in [0.1, 0.15) is 49.3 Å². The molecule has 1 aromatic rings. The Morgan fingerprint density at radius 2 is 2.00 bits per heavy atom. The molecular weight excluding hydrogens is 220 g/mol. The van der Waals surface area contributed by atoms with Crippen molar-refractivity contribution in [1.82, 2.24) is 4.90 Å². The molecule has 0 saturated heterocycles. The van der Waals surface area contributed by atoms with E-state index in [0.29, 0.717) is 6.54 Å². The van der Waals surface area contributed by atoms with Crippen LogP contribution >= 0.6 is 0 Å². The molecule has 2 nitrogen and oxygen atoms in total. The van der Waals surface area contributed by atoms with E-state index in [9.17, 15) is 0 Å². The van der Waals surface area contributed by atoms with Gasteiger partial charge in [-0.05, 0) is 43.0 Å². The zero-order valence-corrected chi connectivity index (χ0v) is 11.8. The maximum atomic E-state index is 5.69. The summed E-state index contributed by atoms with van der Waals surface area (Å²) in [6.07, 6.45) is 5.58. The molecule has 2 N–H and O–H groups in total. The summed E-state index contributed by atoms with van der Waals surface area (Å²) in [5, 5.41) is 0. The second-order valence-corrected chi connectivity index (χ2v) is 5.47. The number of nitrogens with zero attached hydrogens (tertiary/aromatic N) is 1. The number of aryl methyl sites for hydroxylation is 1. The average Bonchev–Trinajstić information content (AvgIpc) is 2.91. The summed E-state index contributed by atoms with van der Waals surface area (Å²) < 4.78 is 0. The third kappa shape index (κ3) is 3.12. The fourth-order valence-electron chi connectivity index (χ4n) is 3.05. The van der Waals surface area contributed by atoms with Gasteiger partial charge in [0.2, 0.25) is 0 Å². The fraction of sp³-hybridized carbons (Fsp3) is 0.625. The number of hydrogen-bond acceptors (Lipinski definition) is 2. The third-order valence-electron chi connectivity index (χ3n) is 4.26. The van der Waals surface area contributed by atoms with E-state index in [1.807, 2.05) is 0 Å². The molecule has 0 spiro atoms. The number of benzene rings is 1. The Morgan fingerprint density at radius 1 is 1.28 bits per heavy atom. The van der Waals surface area contributed by atoms with Gasteiger partial charge in [0.15, 0.2) is 0 Å². The zero-order chi connectivity index (χ0) is 13.0. The van der Waals surface area contributed by atoms with Crippen LogP contribution in [0.15, 0.2) is 18.2 Å². The van der Waals surface area contributed by atoms with Gasteiger partial charge in [-0.3, -0.25) is 4.90 Å². The molecule has 2 heteroatoms. The Hall–Kier alpha value is -0.860. The summed E-state index contributed by atoms with van der Waals surface area (Å²) >= 11 is 0. The summed E-state index contributed by atoms with van der Waals surface area (Å²) in [7, 11) is 0. The standard InChI is InChI=1S/C16H26N2/c1-3-18(16-6-4-5-7-16)12-15-9-8-14(11-17)10-13(15)2/h8-10,16H,3-7,11-12,17H2,1-2H3. The lowest BCUT2D eigenvalue weighted by atomic mass is 10.0. The van der Waals surface area contributed by atoms with E-state index in [0.717, 1.165) is 19.1 Å². The molecule has 0 bridgehead atoms. The molecule has 0 atom stereocenters. The minimum absolute atomic E-state index is 0.640. The van der Waals surface area contributed by atoms with Crippen LogP contribution in [0.25, 0.3) is 0 Å². The van der Waals surface area contributed by atoms with E-state index in [1.54, 1.807) is 0 Å². The molecule has 0 aliphatic heterocycles. The van der Waals surface area contributed by atoms with E-state index in [1.165, 1.54) is 42.4 Å². The van der Waals surface area contributed by atoms with Gasteiger partial charge in [0.1, 0.15) is 0 Å². The molecular formula is C16H26N2. The molecule has 0 heterocycles. The molecule has 1 aliphatic carbocycles. The van der Waals surface area contributed by atoms with E-state index in [2.05, 4.69) is 36.9 Å². The lowest BCUT2D eigenvalue weighted by Crippen LogP contribution is -2.32. The lowest BCUT2D eigenvalue weighted by Gasteiger charge is -2.28. The number of hydrogen-bond donors (Lipinski definition) is 1. The van der Waals surface area contributed by atoms with Crippen molar-refractivity contribution < 1.29 is 0 Å². The highest BCUT2D eigenvalue weighted by atomic mass is 15.1. The Bertz CT molecular complexity index is 381. The SMILES string of the molecule is CCN(Cc1ccc(CN)cc1C)C1CCCC1. The molecule has 0 amide bonds. The van der Waals surface area contributed by atoms with E-state index in [-0.39, 0.29) is 0 Å². The quantitative estimate of drug-likeness (QED) is 0.864. The van der Waals surface area contributed by atoms with E-state index < -0.39 is 0 Å². The Kier molecular flexibility index (Phi) is 4.79. The van der Waals surface area contributed by atoms with Crippen molar-refractivity contribution in [1.29, 1.82) is 0 Å². The average molecular weight is 246 g/mol. The maximum absolute atomic E-state index is 5.69. The minimum atomic E-state index is 0.640. The topological polar surface area (TPSA) is 29.3 Å². The van der Waals surface area contributed by atoms with Gasteiger partial charge in [-0.15, -0.1) is 0 Å². The summed E-state index contributed by atoms with van der Waals surface area (Å²) in [6, 6.07) is 7.47. The minimum Gasteiger partial charge on any atom is -0.326 e. The van der Waals surface area contributed by atoms with Gasteiger partial charge in [0.05, 0.1) is 0 Å². The van der Waals surface area contributed by atoms with Gasteiger partial charge in [-0.1, -0.05) is 38.0 Å². The van der Waals surface area contributed by atoms with Crippen molar-refractivity contribution in [2.45, 2.75) is 58.7 Å². The predicted molar refractivity (Wildman–Crippen MR) is 77.4 cm³/mol. The number of nitrogens with two attached hydrogens (primary N) is 1.